The van der Waals surface area contributed by atoms with Crippen LogP contribution >= 0.6 is 11.6 Å². The predicted molar refractivity (Wildman–Crippen MR) is 160 cm³/mol. The molecule has 2 aromatic heterocycles. The van der Waals surface area contributed by atoms with Gasteiger partial charge in [-0.25, -0.2) is 19.2 Å². The number of piperidine rings is 1. The third-order valence-electron chi connectivity index (χ3n) is 8.35. The lowest BCUT2D eigenvalue weighted by Gasteiger charge is -2.31. The van der Waals surface area contributed by atoms with Crippen molar-refractivity contribution in [2.24, 2.45) is 0 Å². The molecule has 1 amide bonds. The van der Waals surface area contributed by atoms with E-state index in [4.69, 9.17) is 26.3 Å². The average molecular weight is 606 g/mol. The third kappa shape index (κ3) is 6.65. The number of aromatic carboxylic acids is 1. The number of pyridine rings is 1. The maximum atomic E-state index is 14.1. The molecule has 2 aromatic carbocycles. The number of fused-ring (bicyclic) bond motifs is 1. The number of carboxylic acids is 1. The van der Waals surface area contributed by atoms with E-state index in [-0.39, 0.29) is 24.0 Å². The Morgan fingerprint density at radius 1 is 1.05 bits per heavy atom. The molecule has 2 fully saturated rings. The van der Waals surface area contributed by atoms with Gasteiger partial charge in [0.15, 0.2) is 0 Å². The van der Waals surface area contributed by atoms with E-state index in [0.29, 0.717) is 42.5 Å². The maximum Gasteiger partial charge on any atom is 0.335 e. The lowest BCUT2D eigenvalue weighted by molar-refractivity contribution is -0.127. The van der Waals surface area contributed by atoms with E-state index >= 15 is 0 Å². The zero-order valence-electron chi connectivity index (χ0n) is 23.7. The van der Waals surface area contributed by atoms with Gasteiger partial charge in [0.2, 0.25) is 11.8 Å². The molecule has 4 heterocycles. The van der Waals surface area contributed by atoms with E-state index < -0.39 is 11.8 Å². The van der Waals surface area contributed by atoms with Crippen LogP contribution in [0.1, 0.15) is 59.0 Å². The van der Waals surface area contributed by atoms with Gasteiger partial charge in [0.05, 0.1) is 23.1 Å². The predicted octanol–water partition coefficient (Wildman–Crippen LogP) is 5.50. The van der Waals surface area contributed by atoms with E-state index in [1.165, 1.54) is 6.07 Å². The van der Waals surface area contributed by atoms with Crippen molar-refractivity contribution >= 4 is 34.5 Å². The van der Waals surface area contributed by atoms with Gasteiger partial charge in [-0.3, -0.25) is 9.69 Å². The van der Waals surface area contributed by atoms with Crippen LogP contribution in [0.5, 0.6) is 5.88 Å². The molecule has 2 aliphatic heterocycles. The summed E-state index contributed by atoms with van der Waals surface area (Å²) in [4.78, 5) is 37.7. The van der Waals surface area contributed by atoms with E-state index in [0.717, 1.165) is 61.4 Å². The Balaban J connectivity index is 1.11. The molecule has 0 unspecified atom stereocenters. The van der Waals surface area contributed by atoms with E-state index in [9.17, 15) is 19.1 Å². The summed E-state index contributed by atoms with van der Waals surface area (Å²) in [6.45, 7) is 4.29. The van der Waals surface area contributed by atoms with Gasteiger partial charge < -0.3 is 19.3 Å². The third-order valence-corrected chi connectivity index (χ3v) is 8.58. The second-order valence-electron chi connectivity index (χ2n) is 11.1. The minimum absolute atomic E-state index is 0.0682. The molecular formula is C32H33ClFN5O4. The zero-order valence-corrected chi connectivity index (χ0v) is 24.5. The molecule has 0 atom stereocenters. The van der Waals surface area contributed by atoms with Crippen molar-refractivity contribution in [1.29, 1.82) is 0 Å². The minimum atomic E-state index is -0.979. The molecule has 0 saturated carbocycles. The van der Waals surface area contributed by atoms with Crippen molar-refractivity contribution in [3.63, 3.8) is 0 Å². The van der Waals surface area contributed by atoms with Gasteiger partial charge in [0, 0.05) is 54.3 Å². The highest BCUT2D eigenvalue weighted by Crippen LogP contribution is 2.29. The smallest absolute Gasteiger partial charge is 0.335 e. The van der Waals surface area contributed by atoms with Gasteiger partial charge in [-0.1, -0.05) is 23.7 Å². The van der Waals surface area contributed by atoms with E-state index in [1.807, 2.05) is 17.0 Å². The summed E-state index contributed by atoms with van der Waals surface area (Å²) in [6.07, 6.45) is 3.28. The first-order chi connectivity index (χ1) is 20.8. The molecule has 4 aromatic rings. The SMILES string of the molecule is O=C(O)c1ccc2nc(CN3CCC(c4cccc(OCc5ccc(Cl)cc5F)n4)CC3)n(CCN3CCCC3=O)c2c1. The number of carboxylic acid groups (broad SMARTS) is 1. The molecule has 2 aliphatic rings. The monoisotopic (exact) mass is 605 g/mol. The van der Waals surface area contributed by atoms with Crippen LogP contribution in [0, 0.1) is 5.82 Å². The standard InChI is InChI=1S/C32H33ClFN5O4/c33-24-8-6-23(25(34)18-24)20-43-30-4-1-3-26(36-30)21-10-13-37(14-11-21)19-29-35-27-9-7-22(32(41)42)17-28(27)39(29)16-15-38-12-2-5-31(38)40/h1,3-4,6-9,17-18,21H,2,5,10-16,19-20H2,(H,41,42). The molecule has 1 N–H and O–H groups in total. The van der Waals surface area contributed by atoms with Crippen molar-refractivity contribution in [2.75, 3.05) is 26.2 Å². The number of halogens is 2. The highest BCUT2D eigenvalue weighted by Gasteiger charge is 2.25. The molecule has 6 rings (SSSR count). The first-order valence-electron chi connectivity index (χ1n) is 14.6. The van der Waals surface area contributed by atoms with Crippen LogP contribution in [-0.2, 0) is 24.5 Å². The molecule has 43 heavy (non-hydrogen) atoms. The molecular weight excluding hydrogens is 573 g/mol. The first kappa shape index (κ1) is 29.1. The van der Waals surface area contributed by atoms with Crippen LogP contribution in [0.4, 0.5) is 4.39 Å². The van der Waals surface area contributed by atoms with E-state index in [2.05, 4.69) is 9.47 Å². The Kier molecular flexibility index (Phi) is 8.58. The van der Waals surface area contributed by atoms with Gasteiger partial charge in [0.1, 0.15) is 18.2 Å². The van der Waals surface area contributed by atoms with Crippen molar-refractivity contribution in [3.05, 3.63) is 88.1 Å². The number of rotatable bonds is 10. The topological polar surface area (TPSA) is 101 Å². The Morgan fingerprint density at radius 3 is 2.63 bits per heavy atom. The van der Waals surface area contributed by atoms with Crippen LogP contribution in [0.3, 0.4) is 0 Å². The van der Waals surface area contributed by atoms with Gasteiger partial charge in [-0.2, -0.15) is 0 Å². The Hall–Kier alpha value is -4.02. The number of benzene rings is 2. The molecule has 11 heteroatoms. The van der Waals surface area contributed by atoms with Gasteiger partial charge in [-0.05, 0) is 68.8 Å². The number of amides is 1. The lowest BCUT2D eigenvalue weighted by Crippen LogP contribution is -2.34. The Morgan fingerprint density at radius 2 is 1.88 bits per heavy atom. The second-order valence-corrected chi connectivity index (χ2v) is 11.6. The normalized spacial score (nSPS) is 16.3. The van der Waals surface area contributed by atoms with E-state index in [1.54, 1.807) is 36.4 Å². The summed E-state index contributed by atoms with van der Waals surface area (Å²) < 4.78 is 22.0. The highest BCUT2D eigenvalue weighted by atomic mass is 35.5. The summed E-state index contributed by atoms with van der Waals surface area (Å²) in [5.74, 6) is 0.375. The summed E-state index contributed by atoms with van der Waals surface area (Å²) in [5.41, 5.74) is 3.12. The van der Waals surface area contributed by atoms with Crippen LogP contribution in [0.25, 0.3) is 11.0 Å². The van der Waals surface area contributed by atoms with Crippen LogP contribution in [0.15, 0.2) is 54.6 Å². The number of aromatic nitrogens is 3. The first-order valence-corrected chi connectivity index (χ1v) is 15.0. The van der Waals surface area contributed by atoms with Crippen molar-refractivity contribution in [1.82, 2.24) is 24.3 Å². The summed E-state index contributed by atoms with van der Waals surface area (Å²) in [7, 11) is 0. The van der Waals surface area contributed by atoms with Gasteiger partial charge in [-0.15, -0.1) is 0 Å². The lowest BCUT2D eigenvalue weighted by atomic mass is 9.93. The van der Waals surface area contributed by atoms with Crippen LogP contribution in [0.2, 0.25) is 5.02 Å². The number of carbonyl (C=O) groups excluding carboxylic acids is 1. The molecule has 0 radical (unpaired) electrons. The maximum absolute atomic E-state index is 14.1. The van der Waals surface area contributed by atoms with Crippen molar-refractivity contribution < 1.29 is 23.8 Å². The summed E-state index contributed by atoms with van der Waals surface area (Å²) in [6, 6.07) is 15.2. The molecule has 224 valence electrons. The van der Waals surface area contributed by atoms with Gasteiger partial charge >= 0.3 is 5.97 Å². The van der Waals surface area contributed by atoms with Crippen LogP contribution < -0.4 is 4.74 Å². The number of hydrogen-bond donors (Lipinski definition) is 1. The zero-order chi connectivity index (χ0) is 29.9. The summed E-state index contributed by atoms with van der Waals surface area (Å²) >= 11 is 5.85. The van der Waals surface area contributed by atoms with Crippen molar-refractivity contribution in [2.45, 2.75) is 51.3 Å². The molecule has 0 bridgehead atoms. The largest absolute Gasteiger partial charge is 0.478 e. The Labute approximate surface area is 253 Å². The fourth-order valence-corrected chi connectivity index (χ4v) is 6.11. The summed E-state index contributed by atoms with van der Waals surface area (Å²) in [5, 5.41) is 9.90. The molecule has 9 nitrogen and oxygen atoms in total. The van der Waals surface area contributed by atoms with Crippen LogP contribution in [-0.4, -0.2) is 67.5 Å². The number of carbonyl (C=O) groups is 2. The fourth-order valence-electron chi connectivity index (χ4n) is 5.95. The van der Waals surface area contributed by atoms with Gasteiger partial charge in [0.25, 0.3) is 0 Å². The number of ether oxygens (including phenoxy) is 1. The number of nitrogens with zero attached hydrogens (tertiary/aromatic N) is 5. The molecule has 0 spiro atoms. The number of imidazole rings is 1. The number of likely N-dealkylation sites (tertiary alicyclic amines) is 2. The Bertz CT molecular complexity index is 1650. The molecule has 0 aliphatic carbocycles. The average Bonchev–Trinajstić information content (AvgIpc) is 3.57. The number of hydrogen-bond acceptors (Lipinski definition) is 6. The quantitative estimate of drug-likeness (QED) is 0.255. The second kappa shape index (κ2) is 12.7. The van der Waals surface area contributed by atoms with Crippen molar-refractivity contribution in [3.8, 4) is 5.88 Å². The molecule has 2 saturated heterocycles. The highest BCUT2D eigenvalue weighted by molar-refractivity contribution is 6.30. The minimum Gasteiger partial charge on any atom is -0.478 e. The fraction of sp³-hybridized carbons (Fsp3) is 0.375.